The van der Waals surface area contributed by atoms with Crippen LogP contribution in [-0.2, 0) is 13.0 Å². The van der Waals surface area contributed by atoms with Gasteiger partial charge in [0.1, 0.15) is 6.33 Å². The minimum atomic E-state index is -0.497. The normalized spacial score (nSPS) is 10.4. The van der Waals surface area contributed by atoms with E-state index >= 15 is 0 Å². The first-order valence-corrected chi connectivity index (χ1v) is 9.82. The summed E-state index contributed by atoms with van der Waals surface area (Å²) in [5, 5.41) is 18.3. The van der Waals surface area contributed by atoms with Gasteiger partial charge in [0, 0.05) is 18.1 Å². The summed E-state index contributed by atoms with van der Waals surface area (Å²) < 4.78 is 10.5. The average Bonchev–Trinajstić information content (AvgIpc) is 2.78. The molecule has 0 spiro atoms. The number of nitrogens with zero attached hydrogens (tertiary/aromatic N) is 3. The maximum atomic E-state index is 11.7. The second kappa shape index (κ2) is 10.4. The molecule has 0 aliphatic rings. The minimum Gasteiger partial charge on any atom is -0.493 e. The molecule has 31 heavy (non-hydrogen) atoms. The van der Waals surface area contributed by atoms with Crippen LogP contribution in [0, 0.1) is 10.1 Å². The largest absolute Gasteiger partial charge is 0.493 e. The highest BCUT2D eigenvalue weighted by molar-refractivity contribution is 6.30. The Balaban J connectivity index is 1.69. The smallest absolute Gasteiger partial charge is 0.353 e. The molecule has 1 heterocycles. The van der Waals surface area contributed by atoms with Crippen LogP contribution in [0.3, 0.4) is 0 Å². The average molecular weight is 444 g/mol. The number of benzene rings is 2. The zero-order valence-electron chi connectivity index (χ0n) is 17.1. The third kappa shape index (κ3) is 5.73. The highest BCUT2D eigenvalue weighted by Crippen LogP contribution is 2.30. The maximum absolute atomic E-state index is 11.7. The van der Waals surface area contributed by atoms with Gasteiger partial charge in [-0.25, -0.2) is 9.97 Å². The zero-order chi connectivity index (χ0) is 22.2. The number of anilines is 2. The summed E-state index contributed by atoms with van der Waals surface area (Å²) in [5.74, 6) is 1.56. The van der Waals surface area contributed by atoms with Crippen molar-refractivity contribution in [3.05, 3.63) is 75.1 Å². The van der Waals surface area contributed by atoms with E-state index in [-0.39, 0.29) is 17.3 Å². The van der Waals surface area contributed by atoms with Crippen LogP contribution in [0.15, 0.2) is 48.8 Å². The van der Waals surface area contributed by atoms with Gasteiger partial charge in [-0.3, -0.25) is 10.1 Å². The van der Waals surface area contributed by atoms with Gasteiger partial charge in [0.25, 0.3) is 0 Å². The molecule has 0 saturated carbocycles. The Labute approximate surface area is 184 Å². The molecule has 0 atom stereocenters. The van der Waals surface area contributed by atoms with E-state index in [4.69, 9.17) is 21.1 Å². The summed E-state index contributed by atoms with van der Waals surface area (Å²) >= 11 is 5.89. The number of hydrogen-bond donors (Lipinski definition) is 2. The monoisotopic (exact) mass is 443 g/mol. The Bertz CT molecular complexity index is 1050. The molecular weight excluding hydrogens is 422 g/mol. The van der Waals surface area contributed by atoms with Crippen LogP contribution in [0.5, 0.6) is 11.5 Å². The summed E-state index contributed by atoms with van der Waals surface area (Å²) in [6.07, 6.45) is 1.89. The lowest BCUT2D eigenvalue weighted by atomic mass is 10.1. The molecular formula is C21H22ClN5O4. The van der Waals surface area contributed by atoms with E-state index in [1.807, 2.05) is 30.3 Å². The van der Waals surface area contributed by atoms with Crippen molar-refractivity contribution in [2.45, 2.75) is 13.0 Å². The van der Waals surface area contributed by atoms with Gasteiger partial charge in [-0.15, -0.1) is 0 Å². The lowest BCUT2D eigenvalue weighted by Crippen LogP contribution is -2.12. The van der Waals surface area contributed by atoms with Crippen molar-refractivity contribution in [3.63, 3.8) is 0 Å². The van der Waals surface area contributed by atoms with E-state index in [1.165, 1.54) is 6.33 Å². The van der Waals surface area contributed by atoms with Crippen molar-refractivity contribution in [1.82, 2.24) is 9.97 Å². The number of ether oxygens (including phenoxy) is 2. The van der Waals surface area contributed by atoms with Gasteiger partial charge in [0.05, 0.1) is 19.1 Å². The van der Waals surface area contributed by atoms with Crippen LogP contribution in [0.25, 0.3) is 0 Å². The number of nitrogens with one attached hydrogen (secondary N) is 2. The maximum Gasteiger partial charge on any atom is 0.353 e. The quantitative estimate of drug-likeness (QED) is 0.352. The molecule has 0 unspecified atom stereocenters. The fourth-order valence-corrected chi connectivity index (χ4v) is 3.09. The molecule has 0 saturated heterocycles. The number of aromatic nitrogens is 2. The predicted molar refractivity (Wildman–Crippen MR) is 119 cm³/mol. The third-order valence-electron chi connectivity index (χ3n) is 4.53. The lowest BCUT2D eigenvalue weighted by Gasteiger charge is -2.11. The Kier molecular flexibility index (Phi) is 7.45. The molecule has 0 amide bonds. The van der Waals surface area contributed by atoms with Crippen LogP contribution in [0.2, 0.25) is 5.02 Å². The molecule has 2 aromatic carbocycles. The summed E-state index contributed by atoms with van der Waals surface area (Å²) in [5.41, 5.74) is 1.70. The fourth-order valence-electron chi connectivity index (χ4n) is 2.96. The molecule has 3 aromatic rings. The van der Waals surface area contributed by atoms with E-state index in [0.29, 0.717) is 36.0 Å². The highest BCUT2D eigenvalue weighted by atomic mass is 35.5. The molecule has 9 nitrogen and oxygen atoms in total. The van der Waals surface area contributed by atoms with Gasteiger partial charge in [0.15, 0.2) is 11.5 Å². The van der Waals surface area contributed by atoms with Crippen molar-refractivity contribution < 1.29 is 14.4 Å². The van der Waals surface area contributed by atoms with Crippen LogP contribution < -0.4 is 20.1 Å². The predicted octanol–water partition coefficient (Wildman–Crippen LogP) is 4.32. The van der Waals surface area contributed by atoms with Crippen LogP contribution in [-0.4, -0.2) is 35.7 Å². The van der Waals surface area contributed by atoms with Gasteiger partial charge in [-0.2, -0.15) is 0 Å². The fraction of sp³-hybridized carbons (Fsp3) is 0.238. The first-order valence-electron chi connectivity index (χ1n) is 9.44. The van der Waals surface area contributed by atoms with Crippen molar-refractivity contribution in [1.29, 1.82) is 0 Å². The minimum absolute atomic E-state index is 0.142. The SMILES string of the molecule is COc1ccc(CCNc2ncnc(NCc3ccc(Cl)cc3)c2[N+](=O)[O-])cc1OC. The molecule has 0 fully saturated rings. The summed E-state index contributed by atoms with van der Waals surface area (Å²) in [6.45, 7) is 0.796. The second-order valence-corrected chi connectivity index (χ2v) is 6.96. The van der Waals surface area contributed by atoms with Gasteiger partial charge in [-0.1, -0.05) is 29.8 Å². The number of halogens is 1. The molecule has 0 aliphatic heterocycles. The van der Waals surface area contributed by atoms with Gasteiger partial charge in [0.2, 0.25) is 11.6 Å². The first kappa shape index (κ1) is 22.1. The molecule has 0 radical (unpaired) electrons. The molecule has 162 valence electrons. The van der Waals surface area contributed by atoms with Crippen LogP contribution in [0.1, 0.15) is 11.1 Å². The number of nitro groups is 1. The topological polar surface area (TPSA) is 111 Å². The van der Waals surface area contributed by atoms with Gasteiger partial charge >= 0.3 is 5.69 Å². The Hall–Kier alpha value is -3.59. The van der Waals surface area contributed by atoms with Crippen molar-refractivity contribution in [2.75, 3.05) is 31.4 Å². The van der Waals surface area contributed by atoms with E-state index in [9.17, 15) is 10.1 Å². The number of rotatable bonds is 10. The molecule has 3 rings (SSSR count). The standard InChI is InChI=1S/C21H22ClN5O4/c1-30-17-8-5-14(11-18(17)31-2)9-10-23-20-19(27(28)29)21(26-13-25-20)24-12-15-3-6-16(22)7-4-15/h3-8,11,13H,9-10,12H2,1-2H3,(H2,23,24,25,26). The van der Waals surface area contributed by atoms with Crippen LogP contribution in [0.4, 0.5) is 17.3 Å². The molecule has 0 aliphatic carbocycles. The van der Waals surface area contributed by atoms with Crippen molar-refractivity contribution in [3.8, 4) is 11.5 Å². The summed E-state index contributed by atoms with van der Waals surface area (Å²) in [6, 6.07) is 12.8. The Morgan fingerprint density at radius 1 is 0.968 bits per heavy atom. The molecule has 1 aromatic heterocycles. The molecule has 2 N–H and O–H groups in total. The Morgan fingerprint density at radius 2 is 1.61 bits per heavy atom. The number of methoxy groups -OCH3 is 2. The second-order valence-electron chi connectivity index (χ2n) is 6.52. The van der Waals surface area contributed by atoms with Crippen molar-refractivity contribution in [2.24, 2.45) is 0 Å². The van der Waals surface area contributed by atoms with E-state index in [2.05, 4.69) is 20.6 Å². The summed E-state index contributed by atoms with van der Waals surface area (Å²) in [4.78, 5) is 19.3. The molecule has 0 bridgehead atoms. The van der Waals surface area contributed by atoms with E-state index in [1.54, 1.807) is 26.4 Å². The highest BCUT2D eigenvalue weighted by Gasteiger charge is 2.22. The van der Waals surface area contributed by atoms with Gasteiger partial charge < -0.3 is 20.1 Å². The van der Waals surface area contributed by atoms with Crippen LogP contribution >= 0.6 is 11.6 Å². The Morgan fingerprint density at radius 3 is 2.26 bits per heavy atom. The van der Waals surface area contributed by atoms with Crippen molar-refractivity contribution >= 4 is 28.9 Å². The van der Waals surface area contributed by atoms with Gasteiger partial charge in [-0.05, 0) is 41.8 Å². The lowest BCUT2D eigenvalue weighted by molar-refractivity contribution is -0.383. The zero-order valence-corrected chi connectivity index (χ0v) is 17.8. The third-order valence-corrected chi connectivity index (χ3v) is 4.78. The number of hydrogen-bond acceptors (Lipinski definition) is 8. The summed E-state index contributed by atoms with van der Waals surface area (Å²) in [7, 11) is 3.15. The van der Waals surface area contributed by atoms with E-state index in [0.717, 1.165) is 11.1 Å². The first-order chi connectivity index (χ1) is 15.0. The van der Waals surface area contributed by atoms with E-state index < -0.39 is 4.92 Å². The molecule has 10 heteroatoms.